The van der Waals surface area contributed by atoms with E-state index in [1.807, 2.05) is 6.92 Å². The zero-order chi connectivity index (χ0) is 20.3. The molecule has 1 aromatic carbocycles. The summed E-state index contributed by atoms with van der Waals surface area (Å²) in [6, 6.07) is 3.47. The lowest BCUT2D eigenvalue weighted by Gasteiger charge is -2.35. The number of esters is 1. The maximum atomic E-state index is 13.9. The van der Waals surface area contributed by atoms with Crippen LogP contribution in [0.2, 0.25) is 0 Å². The van der Waals surface area contributed by atoms with Crippen molar-refractivity contribution in [1.82, 2.24) is 0 Å². The van der Waals surface area contributed by atoms with Crippen LogP contribution in [0.1, 0.15) is 44.6 Å². The molecule has 28 heavy (non-hydrogen) atoms. The molecule has 1 heterocycles. The quantitative estimate of drug-likeness (QED) is 0.548. The summed E-state index contributed by atoms with van der Waals surface area (Å²) in [5, 5.41) is 0. The molecule has 2 aliphatic rings. The maximum Gasteiger partial charge on any atom is 0.336 e. The van der Waals surface area contributed by atoms with Crippen LogP contribution in [0.5, 0.6) is 0 Å². The summed E-state index contributed by atoms with van der Waals surface area (Å²) in [6.45, 7) is 4.32. The summed E-state index contributed by atoms with van der Waals surface area (Å²) >= 11 is 0. The zero-order valence-corrected chi connectivity index (χ0v) is 16.0. The molecule has 3 rings (SSSR count). The summed E-state index contributed by atoms with van der Waals surface area (Å²) < 4.78 is 37.9. The molecule has 0 radical (unpaired) electrons. The first-order valence-electron chi connectivity index (χ1n) is 9.44. The molecule has 0 aromatic heterocycles. The molecule has 1 saturated carbocycles. The number of carbonyl (C=O) groups is 2. The van der Waals surface area contributed by atoms with Crippen molar-refractivity contribution >= 4 is 17.5 Å². The number of carbonyl (C=O) groups excluding carboxylic acids is 2. The van der Waals surface area contributed by atoms with Crippen molar-refractivity contribution < 1.29 is 27.8 Å². The van der Waals surface area contributed by atoms with Crippen molar-refractivity contribution in [2.45, 2.75) is 39.0 Å². The molecule has 7 heteroatoms. The SMILES string of the molecule is CCOCCOC(=O)C1=C(C)N=C2CCCC(=O)[C@@H]2[C@H]1c1ccc(F)c(F)c1. The third-order valence-corrected chi connectivity index (χ3v) is 5.10. The zero-order valence-electron chi connectivity index (χ0n) is 16.0. The van der Waals surface area contributed by atoms with Crippen LogP contribution < -0.4 is 0 Å². The fourth-order valence-corrected chi connectivity index (χ4v) is 3.87. The van der Waals surface area contributed by atoms with Gasteiger partial charge in [0.15, 0.2) is 11.6 Å². The number of halogens is 2. The fourth-order valence-electron chi connectivity index (χ4n) is 3.87. The molecule has 0 saturated heterocycles. The van der Waals surface area contributed by atoms with E-state index >= 15 is 0 Å². The summed E-state index contributed by atoms with van der Waals surface area (Å²) in [6.07, 6.45) is 1.70. The molecule has 0 spiro atoms. The molecule has 1 aromatic rings. The van der Waals surface area contributed by atoms with Crippen LogP contribution >= 0.6 is 0 Å². The predicted molar refractivity (Wildman–Crippen MR) is 99.0 cm³/mol. The maximum absolute atomic E-state index is 13.9. The molecule has 0 amide bonds. The number of rotatable bonds is 6. The van der Waals surface area contributed by atoms with Gasteiger partial charge >= 0.3 is 5.97 Å². The van der Waals surface area contributed by atoms with Crippen LogP contribution in [0, 0.1) is 17.6 Å². The van der Waals surface area contributed by atoms with Gasteiger partial charge in [-0.25, -0.2) is 13.6 Å². The van der Waals surface area contributed by atoms with Gasteiger partial charge in [-0.15, -0.1) is 0 Å². The highest BCUT2D eigenvalue weighted by Crippen LogP contribution is 2.43. The molecular weight excluding hydrogens is 368 g/mol. The van der Waals surface area contributed by atoms with Crippen LogP contribution in [0.4, 0.5) is 8.78 Å². The predicted octanol–water partition coefficient (Wildman–Crippen LogP) is 3.73. The van der Waals surface area contributed by atoms with Gasteiger partial charge in [-0.3, -0.25) is 9.79 Å². The molecule has 0 unspecified atom stereocenters. The first-order valence-corrected chi connectivity index (χ1v) is 9.44. The average molecular weight is 391 g/mol. The molecule has 5 nitrogen and oxygen atoms in total. The van der Waals surface area contributed by atoms with Crippen molar-refractivity contribution in [3.8, 4) is 0 Å². The second-order valence-corrected chi connectivity index (χ2v) is 6.88. The smallest absolute Gasteiger partial charge is 0.336 e. The lowest BCUT2D eigenvalue weighted by Crippen LogP contribution is -2.39. The molecule has 2 atom stereocenters. The lowest BCUT2D eigenvalue weighted by atomic mass is 9.69. The number of hydrogen-bond acceptors (Lipinski definition) is 5. The second-order valence-electron chi connectivity index (χ2n) is 6.88. The van der Waals surface area contributed by atoms with E-state index in [1.165, 1.54) is 6.07 Å². The van der Waals surface area contributed by atoms with E-state index in [0.29, 0.717) is 42.8 Å². The minimum absolute atomic E-state index is 0.0492. The third-order valence-electron chi connectivity index (χ3n) is 5.10. The minimum Gasteiger partial charge on any atom is -0.460 e. The highest BCUT2D eigenvalue weighted by molar-refractivity contribution is 6.11. The molecule has 150 valence electrons. The van der Waals surface area contributed by atoms with Crippen LogP contribution in [0.25, 0.3) is 0 Å². The molecular formula is C21H23F2NO4. The molecule has 1 fully saturated rings. The van der Waals surface area contributed by atoms with Gasteiger partial charge in [0.25, 0.3) is 0 Å². The number of ketones is 1. The van der Waals surface area contributed by atoms with Gasteiger partial charge in [-0.05, 0) is 44.4 Å². The Labute approximate surface area is 162 Å². The Hall–Kier alpha value is -2.41. The summed E-state index contributed by atoms with van der Waals surface area (Å²) in [4.78, 5) is 30.0. The van der Waals surface area contributed by atoms with Crippen molar-refractivity contribution in [2.24, 2.45) is 10.9 Å². The van der Waals surface area contributed by atoms with Crippen molar-refractivity contribution in [2.75, 3.05) is 19.8 Å². The third kappa shape index (κ3) is 4.04. The molecule has 0 N–H and O–H groups in total. The highest BCUT2D eigenvalue weighted by atomic mass is 19.2. The Morgan fingerprint density at radius 1 is 1.18 bits per heavy atom. The van der Waals surface area contributed by atoms with Crippen molar-refractivity contribution in [3.05, 3.63) is 46.7 Å². The summed E-state index contributed by atoms with van der Waals surface area (Å²) in [5.74, 6) is -4.07. The Kier molecular flexibility index (Phi) is 6.34. The number of aliphatic imine (C=N–C) groups is 1. The van der Waals surface area contributed by atoms with Crippen LogP contribution in [-0.2, 0) is 19.1 Å². The van der Waals surface area contributed by atoms with Crippen LogP contribution in [0.3, 0.4) is 0 Å². The monoisotopic (exact) mass is 391 g/mol. The van der Waals surface area contributed by atoms with E-state index in [-0.39, 0.29) is 24.6 Å². The number of nitrogens with zero attached hydrogens (tertiary/aromatic N) is 1. The lowest BCUT2D eigenvalue weighted by molar-refractivity contribution is -0.141. The second kappa shape index (κ2) is 8.73. The Balaban J connectivity index is 2.01. The van der Waals surface area contributed by atoms with E-state index in [0.717, 1.165) is 12.1 Å². The largest absolute Gasteiger partial charge is 0.460 e. The van der Waals surface area contributed by atoms with Gasteiger partial charge in [0, 0.05) is 30.4 Å². The van der Waals surface area contributed by atoms with Crippen LogP contribution in [-0.4, -0.2) is 37.3 Å². The number of benzene rings is 1. The average Bonchev–Trinajstić information content (AvgIpc) is 2.66. The minimum atomic E-state index is -1.02. The van der Waals surface area contributed by atoms with Crippen molar-refractivity contribution in [3.63, 3.8) is 0 Å². The van der Waals surface area contributed by atoms with Crippen LogP contribution in [0.15, 0.2) is 34.5 Å². The van der Waals surface area contributed by atoms with Gasteiger partial charge in [0.05, 0.1) is 18.1 Å². The summed E-state index contributed by atoms with van der Waals surface area (Å²) in [7, 11) is 0. The van der Waals surface area contributed by atoms with E-state index in [4.69, 9.17) is 9.47 Å². The number of allylic oxidation sites excluding steroid dienone is 1. The topological polar surface area (TPSA) is 65.0 Å². The Bertz CT molecular complexity index is 847. The molecule has 1 aliphatic heterocycles. The number of Topliss-reactive ketones (excluding diaryl/α,β-unsaturated/α-hetero) is 1. The van der Waals surface area contributed by atoms with Gasteiger partial charge in [-0.2, -0.15) is 0 Å². The van der Waals surface area contributed by atoms with Gasteiger partial charge in [0.1, 0.15) is 12.4 Å². The first-order chi connectivity index (χ1) is 13.4. The Morgan fingerprint density at radius 2 is 1.96 bits per heavy atom. The van der Waals surface area contributed by atoms with Gasteiger partial charge < -0.3 is 9.47 Å². The van der Waals surface area contributed by atoms with E-state index < -0.39 is 29.4 Å². The van der Waals surface area contributed by atoms with E-state index in [2.05, 4.69) is 4.99 Å². The molecule has 1 aliphatic carbocycles. The number of ether oxygens (including phenoxy) is 2. The number of fused-ring (bicyclic) bond motifs is 1. The van der Waals surface area contributed by atoms with E-state index in [9.17, 15) is 18.4 Å². The molecule has 0 bridgehead atoms. The normalized spacial score (nSPS) is 22.0. The first kappa shape index (κ1) is 20.3. The van der Waals surface area contributed by atoms with Gasteiger partial charge in [-0.1, -0.05) is 6.07 Å². The summed E-state index contributed by atoms with van der Waals surface area (Å²) in [5.41, 5.74) is 1.71. The van der Waals surface area contributed by atoms with Gasteiger partial charge in [0.2, 0.25) is 0 Å². The highest BCUT2D eigenvalue weighted by Gasteiger charge is 2.43. The fraction of sp³-hybridized carbons (Fsp3) is 0.476. The van der Waals surface area contributed by atoms with Crippen molar-refractivity contribution in [1.29, 1.82) is 0 Å². The standard InChI is InChI=1S/C21H23F2NO4/c1-3-27-9-10-28-21(26)18-12(2)24-16-5-4-6-17(25)20(16)19(18)13-7-8-14(22)15(23)11-13/h7-8,11,19-20H,3-6,9-10H2,1-2H3/t19-,20+/m0/s1. The van der Waals surface area contributed by atoms with E-state index in [1.54, 1.807) is 6.92 Å². The number of hydrogen-bond donors (Lipinski definition) is 0. The Morgan fingerprint density at radius 3 is 2.68 bits per heavy atom.